The Morgan fingerprint density at radius 2 is 1.57 bits per heavy atom. The molecule has 104 valence electrons. The molecule has 3 aromatic rings. The van der Waals surface area contributed by atoms with E-state index in [1.165, 1.54) is 16.9 Å². The number of ketones is 1. The predicted octanol–water partition coefficient (Wildman–Crippen LogP) is 5.21. The fraction of sp³-hybridized carbons (Fsp3) is 0.105. The number of hydrogen-bond acceptors (Lipinski definition) is 2. The Balaban J connectivity index is 1.89. The number of aryl methyl sites for hydroxylation is 1. The Hall–Kier alpha value is -2.19. The summed E-state index contributed by atoms with van der Waals surface area (Å²) in [6, 6.07) is 20.1. The van der Waals surface area contributed by atoms with Crippen LogP contribution in [-0.2, 0) is 6.42 Å². The van der Waals surface area contributed by atoms with Gasteiger partial charge >= 0.3 is 0 Å². The van der Waals surface area contributed by atoms with Crippen molar-refractivity contribution >= 4 is 17.1 Å². The first-order valence-electron chi connectivity index (χ1n) is 7.06. The number of hydrogen-bond donors (Lipinski definition) is 0. The maximum atomic E-state index is 12.5. The Morgan fingerprint density at radius 1 is 0.905 bits per heavy atom. The third kappa shape index (κ3) is 2.81. The Kier molecular flexibility index (Phi) is 3.98. The summed E-state index contributed by atoms with van der Waals surface area (Å²) in [5.74, 6) is 0.126. The molecule has 0 aliphatic carbocycles. The van der Waals surface area contributed by atoms with Crippen molar-refractivity contribution in [3.63, 3.8) is 0 Å². The average molecular weight is 292 g/mol. The average Bonchev–Trinajstić information content (AvgIpc) is 3.04. The van der Waals surface area contributed by atoms with Crippen LogP contribution in [0.4, 0.5) is 0 Å². The van der Waals surface area contributed by atoms with Gasteiger partial charge in [-0.2, -0.15) is 0 Å². The van der Waals surface area contributed by atoms with Crippen molar-refractivity contribution in [2.75, 3.05) is 0 Å². The zero-order chi connectivity index (χ0) is 14.7. The van der Waals surface area contributed by atoms with Gasteiger partial charge in [-0.1, -0.05) is 61.5 Å². The fourth-order valence-corrected chi connectivity index (χ4v) is 3.35. The lowest BCUT2D eigenvalue weighted by Gasteiger charge is -2.04. The highest BCUT2D eigenvalue weighted by molar-refractivity contribution is 7.12. The van der Waals surface area contributed by atoms with E-state index in [1.54, 1.807) is 0 Å². The van der Waals surface area contributed by atoms with Crippen molar-refractivity contribution in [2.45, 2.75) is 13.3 Å². The van der Waals surface area contributed by atoms with E-state index in [2.05, 4.69) is 19.1 Å². The van der Waals surface area contributed by atoms with Gasteiger partial charge in [0.15, 0.2) is 0 Å². The Labute approximate surface area is 128 Å². The molecule has 2 heteroatoms. The molecule has 1 aromatic heterocycles. The lowest BCUT2D eigenvalue weighted by Crippen LogP contribution is -2.01. The van der Waals surface area contributed by atoms with E-state index in [0.29, 0.717) is 0 Å². The van der Waals surface area contributed by atoms with Crippen molar-refractivity contribution in [3.05, 3.63) is 82.0 Å². The van der Waals surface area contributed by atoms with Gasteiger partial charge in [0.25, 0.3) is 0 Å². The minimum absolute atomic E-state index is 0.126. The summed E-state index contributed by atoms with van der Waals surface area (Å²) in [6.07, 6.45) is 0.896. The van der Waals surface area contributed by atoms with E-state index in [-0.39, 0.29) is 5.78 Å². The minimum atomic E-state index is 0.126. The van der Waals surface area contributed by atoms with Crippen LogP contribution in [0.25, 0.3) is 11.1 Å². The molecular formula is C19H16OS. The first kappa shape index (κ1) is 13.8. The van der Waals surface area contributed by atoms with Crippen molar-refractivity contribution in [2.24, 2.45) is 0 Å². The molecular weight excluding hydrogens is 276 g/mol. The van der Waals surface area contributed by atoms with E-state index in [9.17, 15) is 4.79 Å². The van der Waals surface area contributed by atoms with E-state index < -0.39 is 0 Å². The topological polar surface area (TPSA) is 17.1 Å². The molecule has 1 nitrogen and oxygen atoms in total. The van der Waals surface area contributed by atoms with Crippen molar-refractivity contribution in [3.8, 4) is 11.1 Å². The van der Waals surface area contributed by atoms with Gasteiger partial charge in [0.2, 0.25) is 5.78 Å². The molecule has 0 bridgehead atoms. The van der Waals surface area contributed by atoms with Gasteiger partial charge in [0, 0.05) is 5.56 Å². The molecule has 0 saturated heterocycles. The minimum Gasteiger partial charge on any atom is -0.288 e. The number of benzene rings is 2. The maximum Gasteiger partial charge on any atom is 0.203 e. The van der Waals surface area contributed by atoms with Crippen LogP contribution in [0.2, 0.25) is 0 Å². The standard InChI is InChI=1S/C19H16OS/c1-2-14-12-13-21-19(14)18(20)17-10-8-16(9-11-17)15-6-4-3-5-7-15/h3-13H,2H2,1H3. The van der Waals surface area contributed by atoms with Crippen LogP contribution in [0, 0.1) is 0 Å². The van der Waals surface area contributed by atoms with Crippen LogP contribution in [-0.4, -0.2) is 5.78 Å². The summed E-state index contributed by atoms with van der Waals surface area (Å²) in [5.41, 5.74) is 4.19. The molecule has 0 saturated carbocycles. The Morgan fingerprint density at radius 3 is 2.24 bits per heavy atom. The summed E-state index contributed by atoms with van der Waals surface area (Å²) in [4.78, 5) is 13.4. The Bertz CT molecular complexity index is 739. The van der Waals surface area contributed by atoms with Crippen molar-refractivity contribution < 1.29 is 4.79 Å². The molecule has 1 heterocycles. The molecule has 0 spiro atoms. The molecule has 0 N–H and O–H groups in total. The summed E-state index contributed by atoms with van der Waals surface area (Å²) in [7, 11) is 0. The number of thiophene rings is 1. The lowest BCUT2D eigenvalue weighted by molar-refractivity contribution is 0.104. The van der Waals surface area contributed by atoms with Gasteiger partial charge in [-0.3, -0.25) is 4.79 Å². The van der Waals surface area contributed by atoms with Crippen molar-refractivity contribution in [1.82, 2.24) is 0 Å². The zero-order valence-electron chi connectivity index (χ0n) is 11.9. The molecule has 0 unspecified atom stereocenters. The molecule has 0 aliphatic heterocycles. The summed E-state index contributed by atoms with van der Waals surface area (Å²) in [6.45, 7) is 2.08. The highest BCUT2D eigenvalue weighted by Gasteiger charge is 2.14. The van der Waals surface area contributed by atoms with Gasteiger partial charge in [-0.25, -0.2) is 0 Å². The van der Waals surface area contributed by atoms with E-state index in [1.807, 2.05) is 53.9 Å². The molecule has 0 radical (unpaired) electrons. The number of carbonyl (C=O) groups excluding carboxylic acids is 1. The lowest BCUT2D eigenvalue weighted by atomic mass is 10.0. The quantitative estimate of drug-likeness (QED) is 0.603. The van der Waals surface area contributed by atoms with E-state index in [4.69, 9.17) is 0 Å². The van der Waals surface area contributed by atoms with E-state index in [0.717, 1.165) is 28.0 Å². The highest BCUT2D eigenvalue weighted by atomic mass is 32.1. The van der Waals surface area contributed by atoms with Gasteiger partial charge in [-0.05, 0) is 34.6 Å². The maximum absolute atomic E-state index is 12.5. The second-order valence-electron chi connectivity index (χ2n) is 4.90. The molecule has 0 amide bonds. The molecule has 0 fully saturated rings. The van der Waals surface area contributed by atoms with Gasteiger partial charge in [-0.15, -0.1) is 11.3 Å². The molecule has 21 heavy (non-hydrogen) atoms. The predicted molar refractivity (Wildman–Crippen MR) is 89.0 cm³/mol. The highest BCUT2D eigenvalue weighted by Crippen LogP contribution is 2.24. The van der Waals surface area contributed by atoms with Crippen LogP contribution in [0.15, 0.2) is 66.0 Å². The second-order valence-corrected chi connectivity index (χ2v) is 5.82. The summed E-state index contributed by atoms with van der Waals surface area (Å²) < 4.78 is 0. The monoisotopic (exact) mass is 292 g/mol. The van der Waals surface area contributed by atoms with Crippen LogP contribution in [0.5, 0.6) is 0 Å². The van der Waals surface area contributed by atoms with Crippen LogP contribution >= 0.6 is 11.3 Å². The first-order chi connectivity index (χ1) is 10.3. The van der Waals surface area contributed by atoms with Gasteiger partial charge in [0.05, 0.1) is 4.88 Å². The zero-order valence-corrected chi connectivity index (χ0v) is 12.7. The van der Waals surface area contributed by atoms with Crippen LogP contribution in [0.1, 0.15) is 27.7 Å². The van der Waals surface area contributed by atoms with Gasteiger partial charge < -0.3 is 0 Å². The number of rotatable bonds is 4. The fourth-order valence-electron chi connectivity index (χ4n) is 2.39. The molecule has 0 aliphatic rings. The normalized spacial score (nSPS) is 10.5. The van der Waals surface area contributed by atoms with Crippen molar-refractivity contribution in [1.29, 1.82) is 0 Å². The summed E-state index contributed by atoms with van der Waals surface area (Å²) >= 11 is 1.53. The molecule has 0 atom stereocenters. The van der Waals surface area contributed by atoms with E-state index >= 15 is 0 Å². The van der Waals surface area contributed by atoms with Gasteiger partial charge in [0.1, 0.15) is 0 Å². The number of carbonyl (C=O) groups is 1. The van der Waals surface area contributed by atoms with Crippen LogP contribution < -0.4 is 0 Å². The smallest absolute Gasteiger partial charge is 0.203 e. The van der Waals surface area contributed by atoms with Crippen LogP contribution in [0.3, 0.4) is 0 Å². The molecule has 3 rings (SSSR count). The SMILES string of the molecule is CCc1ccsc1C(=O)c1ccc(-c2ccccc2)cc1. The largest absolute Gasteiger partial charge is 0.288 e. The molecule has 2 aromatic carbocycles. The second kappa shape index (κ2) is 6.06. The third-order valence-corrected chi connectivity index (χ3v) is 4.54. The first-order valence-corrected chi connectivity index (χ1v) is 7.94. The third-order valence-electron chi connectivity index (χ3n) is 3.59. The summed E-state index contributed by atoms with van der Waals surface area (Å²) in [5, 5.41) is 1.99.